The van der Waals surface area contributed by atoms with Gasteiger partial charge in [-0.15, -0.1) is 0 Å². The van der Waals surface area contributed by atoms with Gasteiger partial charge in [-0.05, 0) is 0 Å². The van der Waals surface area contributed by atoms with Crippen LogP contribution in [0.15, 0.2) is 0 Å². The Labute approximate surface area is 57.5 Å². The van der Waals surface area contributed by atoms with Crippen LogP contribution in [-0.4, -0.2) is 25.3 Å². The van der Waals surface area contributed by atoms with Gasteiger partial charge < -0.3 is 21.5 Å². The largest absolute Gasteiger partial charge is 0.443 e. The first-order valence-electron chi connectivity index (χ1n) is 2.56. The van der Waals surface area contributed by atoms with Crippen LogP contribution in [0.25, 0.3) is 0 Å². The number of hydrogen-bond donors (Lipinski definition) is 3. The highest BCUT2D eigenvalue weighted by Crippen LogP contribution is 1.70. The van der Waals surface area contributed by atoms with E-state index in [0.717, 1.165) is 0 Å². The lowest BCUT2D eigenvalue weighted by Gasteiger charge is -2.01. The van der Waals surface area contributed by atoms with Gasteiger partial charge in [0.1, 0.15) is 0 Å². The summed E-state index contributed by atoms with van der Waals surface area (Å²) in [5, 5.41) is 2.05. The van der Waals surface area contributed by atoms with Gasteiger partial charge in [-0.2, -0.15) is 0 Å². The normalized spacial score (nSPS) is 8.50. The van der Waals surface area contributed by atoms with Gasteiger partial charge in [0.05, 0.1) is 6.54 Å². The smallest absolute Gasteiger partial charge is 0.321 e. The van der Waals surface area contributed by atoms with Gasteiger partial charge in [-0.1, -0.05) is 0 Å². The van der Waals surface area contributed by atoms with Gasteiger partial charge in [0.15, 0.2) is 6.73 Å². The molecule has 2 amide bonds. The molecule has 0 fully saturated rings. The van der Waals surface area contributed by atoms with Crippen LogP contribution in [0.1, 0.15) is 0 Å². The molecule has 0 aromatic carbocycles. The maximum absolute atomic E-state index is 10.3. The maximum Gasteiger partial charge on any atom is 0.321 e. The second-order valence-corrected chi connectivity index (χ2v) is 1.41. The molecule has 0 bridgehead atoms. The number of esters is 1. The Hall–Kier alpha value is -1.30. The third kappa shape index (κ3) is 4.85. The molecule has 0 spiro atoms. The molecule has 0 saturated carbocycles. The molecule has 0 heterocycles. The Bertz CT molecular complexity index is 136. The quantitative estimate of drug-likeness (QED) is 0.320. The van der Waals surface area contributed by atoms with Crippen LogP contribution in [-0.2, 0) is 9.53 Å². The van der Waals surface area contributed by atoms with Crippen molar-refractivity contribution in [2.45, 2.75) is 0 Å². The Balaban J connectivity index is 3.20. The highest BCUT2D eigenvalue weighted by atomic mass is 16.5. The average molecular weight is 147 g/mol. The summed E-state index contributed by atoms with van der Waals surface area (Å²) in [5.41, 5.74) is 9.52. The zero-order valence-corrected chi connectivity index (χ0v) is 5.29. The minimum absolute atomic E-state index is 0.208. The third-order valence-electron chi connectivity index (χ3n) is 0.646. The SMILES string of the molecule is NCC(=O)OCNC(N)=O. The molecule has 0 aromatic rings. The summed E-state index contributed by atoms with van der Waals surface area (Å²) >= 11 is 0. The molecule has 0 atom stereocenters. The minimum atomic E-state index is -0.746. The van der Waals surface area contributed by atoms with Crippen molar-refractivity contribution in [3.05, 3.63) is 0 Å². The van der Waals surface area contributed by atoms with Crippen molar-refractivity contribution >= 4 is 12.0 Å². The summed E-state index contributed by atoms with van der Waals surface area (Å²) in [6.45, 7) is -0.439. The first-order chi connectivity index (χ1) is 4.66. The van der Waals surface area contributed by atoms with Gasteiger partial charge in [-0.25, -0.2) is 4.79 Å². The summed E-state index contributed by atoms with van der Waals surface area (Å²) in [7, 11) is 0. The van der Waals surface area contributed by atoms with Crippen molar-refractivity contribution in [1.29, 1.82) is 0 Å². The fourth-order valence-corrected chi connectivity index (χ4v) is 0.247. The number of carbonyl (C=O) groups excluding carboxylic acids is 2. The molecule has 0 unspecified atom stereocenters. The van der Waals surface area contributed by atoms with Crippen molar-refractivity contribution in [3.8, 4) is 0 Å². The molecule has 0 aromatic heterocycles. The number of hydrogen-bond acceptors (Lipinski definition) is 4. The zero-order valence-electron chi connectivity index (χ0n) is 5.29. The number of urea groups is 1. The summed E-state index contributed by atoms with van der Waals surface area (Å²) in [5.74, 6) is -0.589. The van der Waals surface area contributed by atoms with E-state index in [0.29, 0.717) is 0 Å². The Morgan fingerprint density at radius 1 is 1.50 bits per heavy atom. The van der Waals surface area contributed by atoms with E-state index >= 15 is 0 Å². The summed E-state index contributed by atoms with van der Waals surface area (Å²) in [4.78, 5) is 20.2. The molecule has 0 radical (unpaired) electrons. The number of carbonyl (C=O) groups is 2. The van der Waals surface area contributed by atoms with Crippen LogP contribution in [0.4, 0.5) is 4.79 Å². The third-order valence-corrected chi connectivity index (χ3v) is 0.646. The lowest BCUT2D eigenvalue weighted by Crippen LogP contribution is -2.33. The number of ether oxygens (including phenoxy) is 1. The molecule has 0 rings (SSSR count). The first kappa shape index (κ1) is 8.70. The summed E-state index contributed by atoms with van der Waals surface area (Å²) < 4.78 is 4.33. The predicted molar refractivity (Wildman–Crippen MR) is 32.7 cm³/mol. The molecule has 0 aliphatic rings. The predicted octanol–water partition coefficient (Wildman–Crippen LogP) is -1.89. The number of rotatable bonds is 3. The van der Waals surface area contributed by atoms with E-state index in [1.54, 1.807) is 0 Å². The van der Waals surface area contributed by atoms with E-state index in [1.807, 2.05) is 0 Å². The Morgan fingerprint density at radius 3 is 2.50 bits per heavy atom. The van der Waals surface area contributed by atoms with Gasteiger partial charge in [0.2, 0.25) is 0 Å². The van der Waals surface area contributed by atoms with Crippen LogP contribution in [0.5, 0.6) is 0 Å². The first-order valence-corrected chi connectivity index (χ1v) is 2.56. The Morgan fingerprint density at radius 2 is 2.10 bits per heavy atom. The van der Waals surface area contributed by atoms with Crippen LogP contribution in [0.3, 0.4) is 0 Å². The molecular weight excluding hydrogens is 138 g/mol. The van der Waals surface area contributed by atoms with Crippen LogP contribution >= 0.6 is 0 Å². The van der Waals surface area contributed by atoms with Gasteiger partial charge in [0, 0.05) is 0 Å². The van der Waals surface area contributed by atoms with E-state index in [2.05, 4.69) is 15.8 Å². The second-order valence-electron chi connectivity index (χ2n) is 1.41. The van der Waals surface area contributed by atoms with Gasteiger partial charge in [-0.3, -0.25) is 4.79 Å². The standard InChI is InChI=1S/C4H9N3O3/c5-1-3(8)10-2-7-4(6)9/h1-2,5H2,(H3,6,7,9). The average Bonchev–Trinajstić information content (AvgIpc) is 1.87. The van der Waals surface area contributed by atoms with Gasteiger partial charge in [0.25, 0.3) is 0 Å². The second kappa shape index (κ2) is 4.57. The molecule has 10 heavy (non-hydrogen) atoms. The minimum Gasteiger partial charge on any atom is -0.443 e. The number of amides is 2. The molecule has 58 valence electrons. The molecule has 0 aliphatic heterocycles. The van der Waals surface area contributed by atoms with Crippen molar-refractivity contribution < 1.29 is 14.3 Å². The monoisotopic (exact) mass is 147 g/mol. The lowest BCUT2D eigenvalue weighted by atomic mass is 10.7. The summed E-state index contributed by atoms with van der Waals surface area (Å²) in [6, 6.07) is -0.746. The molecule has 6 nitrogen and oxygen atoms in total. The fourth-order valence-electron chi connectivity index (χ4n) is 0.247. The van der Waals surface area contributed by atoms with Crippen molar-refractivity contribution in [2.75, 3.05) is 13.3 Å². The number of primary amides is 1. The van der Waals surface area contributed by atoms with E-state index in [-0.39, 0.29) is 13.3 Å². The van der Waals surface area contributed by atoms with Gasteiger partial charge >= 0.3 is 12.0 Å². The van der Waals surface area contributed by atoms with Crippen LogP contribution in [0, 0.1) is 0 Å². The fraction of sp³-hybridized carbons (Fsp3) is 0.500. The van der Waals surface area contributed by atoms with Crippen molar-refractivity contribution in [3.63, 3.8) is 0 Å². The molecule has 0 aliphatic carbocycles. The van der Waals surface area contributed by atoms with Crippen molar-refractivity contribution in [2.24, 2.45) is 11.5 Å². The molecule has 5 N–H and O–H groups in total. The highest BCUT2D eigenvalue weighted by Gasteiger charge is 1.97. The topological polar surface area (TPSA) is 107 Å². The highest BCUT2D eigenvalue weighted by molar-refractivity contribution is 5.73. The molecular formula is C4H9N3O3. The van der Waals surface area contributed by atoms with E-state index in [9.17, 15) is 9.59 Å². The number of nitrogens with two attached hydrogens (primary N) is 2. The molecule has 0 saturated heterocycles. The van der Waals surface area contributed by atoms with Crippen LogP contribution in [0.2, 0.25) is 0 Å². The van der Waals surface area contributed by atoms with E-state index < -0.39 is 12.0 Å². The lowest BCUT2D eigenvalue weighted by molar-refractivity contribution is -0.142. The zero-order chi connectivity index (χ0) is 7.98. The maximum atomic E-state index is 10.3. The van der Waals surface area contributed by atoms with E-state index in [1.165, 1.54) is 0 Å². The Kier molecular flexibility index (Phi) is 3.97. The van der Waals surface area contributed by atoms with Crippen LogP contribution < -0.4 is 16.8 Å². The number of nitrogens with one attached hydrogen (secondary N) is 1. The van der Waals surface area contributed by atoms with Crippen molar-refractivity contribution in [1.82, 2.24) is 5.32 Å². The summed E-state index contributed by atoms with van der Waals surface area (Å²) in [6.07, 6.45) is 0. The van der Waals surface area contributed by atoms with E-state index in [4.69, 9.17) is 5.73 Å². The molecule has 6 heteroatoms.